The van der Waals surface area contributed by atoms with Crippen molar-refractivity contribution in [3.8, 4) is 0 Å². The summed E-state index contributed by atoms with van der Waals surface area (Å²) in [5.41, 5.74) is 0. The van der Waals surface area contributed by atoms with Gasteiger partial charge in [-0.15, -0.1) is 0 Å². The summed E-state index contributed by atoms with van der Waals surface area (Å²) in [4.78, 5) is 0. The molecule has 2 nitrogen and oxygen atoms in total. The Morgan fingerprint density at radius 2 is 1.53 bits per heavy atom. The predicted octanol–water partition coefficient (Wildman–Crippen LogP) is 3.64. The molecule has 1 atom stereocenters. The lowest BCUT2D eigenvalue weighted by molar-refractivity contribution is -0.0404. The summed E-state index contributed by atoms with van der Waals surface area (Å²) in [5.74, 6) is 0.545. The van der Waals surface area contributed by atoms with Crippen molar-refractivity contribution < 1.29 is 9.47 Å². The second-order valence-electron chi connectivity index (χ2n) is 4.44. The van der Waals surface area contributed by atoms with Crippen LogP contribution in [-0.4, -0.2) is 25.9 Å². The van der Waals surface area contributed by atoms with Crippen LogP contribution in [0.4, 0.5) is 0 Å². The summed E-state index contributed by atoms with van der Waals surface area (Å²) in [6, 6.07) is 0. The van der Waals surface area contributed by atoms with Crippen LogP contribution >= 0.6 is 0 Å². The fraction of sp³-hybridized carbons (Fsp3) is 1.00. The second kappa shape index (κ2) is 10.4. The standard InChI is InChI=1S/C13H28O2/c1-5-7-9-14-11-13(12(3)4)15-10-8-6-2/h12-13H,5-11H2,1-4H3. The quantitative estimate of drug-likeness (QED) is 0.519. The smallest absolute Gasteiger partial charge is 0.0831 e. The van der Waals surface area contributed by atoms with Gasteiger partial charge in [0.15, 0.2) is 0 Å². The molecule has 15 heavy (non-hydrogen) atoms. The third kappa shape index (κ3) is 8.88. The van der Waals surface area contributed by atoms with Crippen molar-refractivity contribution in [2.24, 2.45) is 5.92 Å². The second-order valence-corrected chi connectivity index (χ2v) is 4.44. The SMILES string of the molecule is CCCCOCC(OCCCC)C(C)C. The van der Waals surface area contributed by atoms with Crippen LogP contribution < -0.4 is 0 Å². The first-order chi connectivity index (χ1) is 7.22. The summed E-state index contributed by atoms with van der Waals surface area (Å²) in [6.45, 7) is 11.3. The number of hydrogen-bond donors (Lipinski definition) is 0. The number of ether oxygens (including phenoxy) is 2. The van der Waals surface area contributed by atoms with Crippen molar-refractivity contribution in [3.63, 3.8) is 0 Å². The van der Waals surface area contributed by atoms with Crippen molar-refractivity contribution in [1.29, 1.82) is 0 Å². The molecule has 0 heterocycles. The minimum Gasteiger partial charge on any atom is -0.379 e. The zero-order valence-corrected chi connectivity index (χ0v) is 10.9. The maximum Gasteiger partial charge on any atom is 0.0831 e. The van der Waals surface area contributed by atoms with E-state index in [1.807, 2.05) is 0 Å². The van der Waals surface area contributed by atoms with Gasteiger partial charge in [0.1, 0.15) is 0 Å². The molecule has 0 N–H and O–H groups in total. The first-order valence-corrected chi connectivity index (χ1v) is 6.41. The molecule has 0 saturated carbocycles. The summed E-state index contributed by atoms with van der Waals surface area (Å²) in [7, 11) is 0. The molecule has 0 spiro atoms. The van der Waals surface area contributed by atoms with E-state index in [4.69, 9.17) is 9.47 Å². The third-order valence-corrected chi connectivity index (χ3v) is 2.50. The lowest BCUT2D eigenvalue weighted by Gasteiger charge is -2.21. The van der Waals surface area contributed by atoms with Crippen molar-refractivity contribution in [2.45, 2.75) is 59.5 Å². The van der Waals surface area contributed by atoms with E-state index in [1.165, 1.54) is 12.8 Å². The topological polar surface area (TPSA) is 18.5 Å². The molecule has 0 amide bonds. The summed E-state index contributed by atoms with van der Waals surface area (Å²) in [6.07, 6.45) is 4.97. The lowest BCUT2D eigenvalue weighted by Crippen LogP contribution is -2.26. The Hall–Kier alpha value is -0.0800. The molecule has 0 bridgehead atoms. The summed E-state index contributed by atoms with van der Waals surface area (Å²) < 4.78 is 11.4. The Morgan fingerprint density at radius 1 is 0.933 bits per heavy atom. The molecule has 0 aromatic carbocycles. The van der Waals surface area contributed by atoms with E-state index >= 15 is 0 Å². The van der Waals surface area contributed by atoms with E-state index < -0.39 is 0 Å². The molecular weight excluding hydrogens is 188 g/mol. The van der Waals surface area contributed by atoms with E-state index in [2.05, 4.69) is 27.7 Å². The highest BCUT2D eigenvalue weighted by molar-refractivity contribution is 4.61. The van der Waals surface area contributed by atoms with Gasteiger partial charge in [-0.1, -0.05) is 40.5 Å². The summed E-state index contributed by atoms with van der Waals surface area (Å²) in [5, 5.41) is 0. The van der Waals surface area contributed by atoms with Crippen LogP contribution in [0.1, 0.15) is 53.4 Å². The number of rotatable bonds is 10. The Labute approximate surface area is 95.3 Å². The van der Waals surface area contributed by atoms with Gasteiger partial charge in [-0.25, -0.2) is 0 Å². The van der Waals surface area contributed by atoms with E-state index in [1.54, 1.807) is 0 Å². The predicted molar refractivity (Wildman–Crippen MR) is 65.2 cm³/mol. The van der Waals surface area contributed by atoms with Gasteiger partial charge in [-0.3, -0.25) is 0 Å². The molecule has 0 rings (SSSR count). The van der Waals surface area contributed by atoms with Crippen LogP contribution in [0.5, 0.6) is 0 Å². The third-order valence-electron chi connectivity index (χ3n) is 2.50. The largest absolute Gasteiger partial charge is 0.379 e. The Bertz CT molecular complexity index is 124. The maximum absolute atomic E-state index is 5.80. The minimum absolute atomic E-state index is 0.272. The average molecular weight is 216 g/mol. The van der Waals surface area contributed by atoms with E-state index in [9.17, 15) is 0 Å². The Kier molecular flexibility index (Phi) is 10.4. The molecule has 0 aromatic rings. The highest BCUT2D eigenvalue weighted by Gasteiger charge is 2.13. The minimum atomic E-state index is 0.272. The van der Waals surface area contributed by atoms with Crippen LogP contribution in [0.3, 0.4) is 0 Å². The van der Waals surface area contributed by atoms with Gasteiger partial charge in [0.05, 0.1) is 12.7 Å². The number of unbranched alkanes of at least 4 members (excludes halogenated alkanes) is 2. The molecule has 0 aliphatic rings. The van der Waals surface area contributed by atoms with Crippen molar-refractivity contribution in [2.75, 3.05) is 19.8 Å². The van der Waals surface area contributed by atoms with Crippen LogP contribution in [0.25, 0.3) is 0 Å². The number of hydrogen-bond acceptors (Lipinski definition) is 2. The van der Waals surface area contributed by atoms with Crippen molar-refractivity contribution in [1.82, 2.24) is 0 Å². The van der Waals surface area contributed by atoms with Gasteiger partial charge in [0.2, 0.25) is 0 Å². The van der Waals surface area contributed by atoms with Crippen molar-refractivity contribution in [3.05, 3.63) is 0 Å². The summed E-state index contributed by atoms with van der Waals surface area (Å²) >= 11 is 0. The van der Waals surface area contributed by atoms with Crippen molar-refractivity contribution >= 4 is 0 Å². The van der Waals surface area contributed by atoms with Gasteiger partial charge in [0, 0.05) is 13.2 Å². The molecule has 0 saturated heterocycles. The van der Waals surface area contributed by atoms with Gasteiger partial charge >= 0.3 is 0 Å². The zero-order valence-electron chi connectivity index (χ0n) is 10.9. The van der Waals surface area contributed by atoms with Crippen LogP contribution in [0.2, 0.25) is 0 Å². The fourth-order valence-corrected chi connectivity index (χ4v) is 1.26. The van der Waals surface area contributed by atoms with Gasteiger partial charge in [-0.05, 0) is 18.8 Å². The molecule has 0 aliphatic carbocycles. The first kappa shape index (κ1) is 14.9. The monoisotopic (exact) mass is 216 g/mol. The van der Waals surface area contributed by atoms with Crippen LogP contribution in [-0.2, 0) is 9.47 Å². The van der Waals surface area contributed by atoms with Gasteiger partial charge < -0.3 is 9.47 Å². The Balaban J connectivity index is 3.54. The van der Waals surface area contributed by atoms with E-state index in [0.717, 1.165) is 32.7 Å². The highest BCUT2D eigenvalue weighted by atomic mass is 16.5. The van der Waals surface area contributed by atoms with Gasteiger partial charge in [-0.2, -0.15) is 0 Å². The lowest BCUT2D eigenvalue weighted by atomic mass is 10.1. The molecule has 92 valence electrons. The molecule has 1 unspecified atom stereocenters. The van der Waals surface area contributed by atoms with Gasteiger partial charge in [0.25, 0.3) is 0 Å². The molecule has 2 heteroatoms. The molecular formula is C13H28O2. The molecule has 0 aromatic heterocycles. The molecule has 0 fully saturated rings. The van der Waals surface area contributed by atoms with E-state index in [-0.39, 0.29) is 6.10 Å². The highest BCUT2D eigenvalue weighted by Crippen LogP contribution is 2.08. The Morgan fingerprint density at radius 3 is 2.07 bits per heavy atom. The van der Waals surface area contributed by atoms with Crippen LogP contribution in [0.15, 0.2) is 0 Å². The molecule has 0 radical (unpaired) electrons. The fourth-order valence-electron chi connectivity index (χ4n) is 1.26. The average Bonchev–Trinajstić information content (AvgIpc) is 2.21. The first-order valence-electron chi connectivity index (χ1n) is 6.41. The van der Waals surface area contributed by atoms with E-state index in [0.29, 0.717) is 5.92 Å². The normalized spacial score (nSPS) is 13.4. The zero-order chi connectivity index (χ0) is 11.5. The molecule has 0 aliphatic heterocycles. The maximum atomic E-state index is 5.80. The van der Waals surface area contributed by atoms with Crippen LogP contribution in [0, 0.1) is 5.92 Å².